The van der Waals surface area contributed by atoms with Crippen molar-refractivity contribution in [2.24, 2.45) is 13.0 Å². The quantitative estimate of drug-likeness (QED) is 0.626. The van der Waals surface area contributed by atoms with Gasteiger partial charge in [0.05, 0.1) is 0 Å². The molecule has 8 heteroatoms. The van der Waals surface area contributed by atoms with Crippen LogP contribution >= 0.6 is 0 Å². The molecule has 1 aliphatic rings. The van der Waals surface area contributed by atoms with Gasteiger partial charge < -0.3 is 9.47 Å². The third-order valence-corrected chi connectivity index (χ3v) is 6.13. The normalized spacial score (nSPS) is 15.3. The highest BCUT2D eigenvalue weighted by Crippen LogP contribution is 2.22. The van der Waals surface area contributed by atoms with Crippen molar-refractivity contribution in [2.75, 3.05) is 37.6 Å². The van der Waals surface area contributed by atoms with Crippen LogP contribution in [0.1, 0.15) is 25.8 Å². The first kappa shape index (κ1) is 21.4. The molecule has 1 aliphatic heterocycles. The number of aromatic amines is 1. The topological polar surface area (TPSA) is 79.2 Å². The van der Waals surface area contributed by atoms with Gasteiger partial charge in [-0.2, -0.15) is 4.98 Å². The Morgan fingerprint density at radius 3 is 2.42 bits per heavy atom. The molecule has 2 aromatic heterocycles. The van der Waals surface area contributed by atoms with Crippen LogP contribution in [0.25, 0.3) is 11.2 Å². The van der Waals surface area contributed by atoms with E-state index < -0.39 is 5.69 Å². The minimum absolute atomic E-state index is 0.359. The van der Waals surface area contributed by atoms with Gasteiger partial charge in [-0.05, 0) is 24.3 Å². The van der Waals surface area contributed by atoms with Crippen LogP contribution in [-0.2, 0) is 20.0 Å². The average molecular weight is 425 g/mol. The summed E-state index contributed by atoms with van der Waals surface area (Å²) in [6.45, 7) is 9.70. The first-order chi connectivity index (χ1) is 14.9. The van der Waals surface area contributed by atoms with Crippen LogP contribution in [0.15, 0.2) is 39.9 Å². The van der Waals surface area contributed by atoms with Gasteiger partial charge in [0.1, 0.15) is 0 Å². The third-order valence-electron chi connectivity index (χ3n) is 6.13. The van der Waals surface area contributed by atoms with Crippen LogP contribution in [0, 0.1) is 5.92 Å². The highest BCUT2D eigenvalue weighted by atomic mass is 16.2. The summed E-state index contributed by atoms with van der Waals surface area (Å²) in [5.74, 6) is 1.30. The van der Waals surface area contributed by atoms with Crippen LogP contribution in [0.2, 0.25) is 0 Å². The fourth-order valence-corrected chi connectivity index (χ4v) is 4.17. The van der Waals surface area contributed by atoms with Gasteiger partial charge in [-0.1, -0.05) is 44.2 Å². The Balaban J connectivity index is 1.54. The van der Waals surface area contributed by atoms with Crippen molar-refractivity contribution in [2.45, 2.75) is 33.2 Å². The maximum absolute atomic E-state index is 12.6. The zero-order valence-electron chi connectivity index (χ0n) is 18.7. The zero-order valence-corrected chi connectivity index (χ0v) is 18.7. The number of aryl methyl sites for hydroxylation is 2. The highest BCUT2D eigenvalue weighted by Gasteiger charge is 2.24. The zero-order chi connectivity index (χ0) is 22.0. The summed E-state index contributed by atoms with van der Waals surface area (Å²) in [5, 5.41) is 0. The molecule has 0 spiro atoms. The molecule has 1 fully saturated rings. The van der Waals surface area contributed by atoms with Crippen molar-refractivity contribution in [3.8, 4) is 0 Å². The van der Waals surface area contributed by atoms with Gasteiger partial charge in [0.15, 0.2) is 11.2 Å². The number of hydrogen-bond acceptors (Lipinski definition) is 5. The fraction of sp³-hybridized carbons (Fsp3) is 0.522. The van der Waals surface area contributed by atoms with Gasteiger partial charge in [0.2, 0.25) is 5.95 Å². The summed E-state index contributed by atoms with van der Waals surface area (Å²) in [6.07, 6.45) is 1.99. The molecule has 0 bridgehead atoms. The fourth-order valence-electron chi connectivity index (χ4n) is 4.17. The van der Waals surface area contributed by atoms with E-state index in [2.05, 4.69) is 59.0 Å². The number of aromatic nitrogens is 4. The number of rotatable bonds is 7. The van der Waals surface area contributed by atoms with E-state index in [0.29, 0.717) is 23.6 Å². The number of fused-ring (bicyclic) bond motifs is 1. The standard InChI is InChI=1S/C23H32N6O2/c1-17(2)9-12-29-19-20(26(3)23(31)25-21(19)30)24-22(29)28-15-13-27(14-16-28)11-10-18-7-5-4-6-8-18/h4-8,17H,9-16H2,1-3H3,(H,25,30,31). The second-order valence-electron chi connectivity index (χ2n) is 8.80. The summed E-state index contributed by atoms with van der Waals surface area (Å²) >= 11 is 0. The molecule has 4 rings (SSSR count). The number of nitrogens with zero attached hydrogens (tertiary/aromatic N) is 5. The summed E-state index contributed by atoms with van der Waals surface area (Å²) in [5.41, 5.74) is 1.52. The molecule has 0 aliphatic carbocycles. The summed E-state index contributed by atoms with van der Waals surface area (Å²) < 4.78 is 3.44. The number of benzene rings is 1. The van der Waals surface area contributed by atoms with E-state index >= 15 is 0 Å². The second-order valence-corrected chi connectivity index (χ2v) is 8.80. The Labute approximate surface area is 182 Å². The number of H-pyrrole nitrogens is 1. The minimum Gasteiger partial charge on any atom is -0.340 e. The first-order valence-electron chi connectivity index (χ1n) is 11.1. The third kappa shape index (κ3) is 4.58. The van der Waals surface area contributed by atoms with Gasteiger partial charge in [-0.15, -0.1) is 0 Å². The van der Waals surface area contributed by atoms with E-state index in [0.717, 1.165) is 51.5 Å². The molecular formula is C23H32N6O2. The van der Waals surface area contributed by atoms with Gasteiger partial charge >= 0.3 is 5.69 Å². The predicted molar refractivity (Wildman–Crippen MR) is 124 cm³/mol. The largest absolute Gasteiger partial charge is 0.340 e. The van der Waals surface area contributed by atoms with Crippen molar-refractivity contribution in [1.29, 1.82) is 0 Å². The summed E-state index contributed by atoms with van der Waals surface area (Å²) in [7, 11) is 1.66. The highest BCUT2D eigenvalue weighted by molar-refractivity contribution is 5.74. The van der Waals surface area contributed by atoms with Gasteiger partial charge in [0, 0.05) is 46.3 Å². The summed E-state index contributed by atoms with van der Waals surface area (Å²) in [6, 6.07) is 10.6. The lowest BCUT2D eigenvalue weighted by Crippen LogP contribution is -2.47. The Kier molecular flexibility index (Phi) is 6.27. The van der Waals surface area contributed by atoms with Crippen LogP contribution < -0.4 is 16.1 Å². The van der Waals surface area contributed by atoms with E-state index in [1.54, 1.807) is 7.05 Å². The van der Waals surface area contributed by atoms with E-state index in [4.69, 9.17) is 4.98 Å². The van der Waals surface area contributed by atoms with Crippen molar-refractivity contribution in [3.05, 3.63) is 56.7 Å². The maximum Gasteiger partial charge on any atom is 0.329 e. The molecule has 0 amide bonds. The Bertz CT molecular complexity index is 1140. The first-order valence-corrected chi connectivity index (χ1v) is 11.1. The molecule has 0 atom stereocenters. The van der Waals surface area contributed by atoms with Crippen molar-refractivity contribution in [1.82, 2.24) is 24.0 Å². The summed E-state index contributed by atoms with van der Waals surface area (Å²) in [4.78, 5) is 36.6. The Morgan fingerprint density at radius 1 is 1.03 bits per heavy atom. The molecule has 8 nitrogen and oxygen atoms in total. The molecule has 3 heterocycles. The van der Waals surface area contributed by atoms with Gasteiger partial charge in [-0.25, -0.2) is 4.79 Å². The lowest BCUT2D eigenvalue weighted by molar-refractivity contribution is 0.259. The van der Waals surface area contributed by atoms with Crippen LogP contribution in [0.4, 0.5) is 5.95 Å². The predicted octanol–water partition coefficient (Wildman–Crippen LogP) is 1.83. The molecule has 1 N–H and O–H groups in total. The van der Waals surface area contributed by atoms with Crippen LogP contribution in [-0.4, -0.2) is 56.7 Å². The second kappa shape index (κ2) is 9.09. The average Bonchev–Trinajstić information content (AvgIpc) is 3.16. The molecule has 0 radical (unpaired) electrons. The molecule has 1 aromatic carbocycles. The van der Waals surface area contributed by atoms with Crippen molar-refractivity contribution < 1.29 is 0 Å². The maximum atomic E-state index is 12.6. The van der Waals surface area contributed by atoms with Gasteiger partial charge in [-0.3, -0.25) is 19.2 Å². The van der Waals surface area contributed by atoms with Crippen molar-refractivity contribution in [3.63, 3.8) is 0 Å². The van der Waals surface area contributed by atoms with E-state index in [1.165, 1.54) is 10.1 Å². The number of imidazole rings is 1. The molecule has 3 aromatic rings. The Morgan fingerprint density at radius 2 is 1.74 bits per heavy atom. The molecule has 0 saturated carbocycles. The smallest absolute Gasteiger partial charge is 0.329 e. The van der Waals surface area contributed by atoms with E-state index in [9.17, 15) is 9.59 Å². The van der Waals surface area contributed by atoms with Gasteiger partial charge in [0.25, 0.3) is 5.56 Å². The number of anilines is 1. The van der Waals surface area contributed by atoms with Crippen molar-refractivity contribution >= 4 is 17.1 Å². The lowest BCUT2D eigenvalue weighted by Gasteiger charge is -2.35. The SMILES string of the molecule is CC(C)CCn1c(N2CCN(CCc3ccccc3)CC2)nc2c1c(=O)[nH]c(=O)n2C. The van der Waals surface area contributed by atoms with E-state index in [1.807, 2.05) is 4.57 Å². The molecule has 166 valence electrons. The molecule has 0 unspecified atom stereocenters. The monoisotopic (exact) mass is 424 g/mol. The minimum atomic E-state index is -0.428. The molecule has 31 heavy (non-hydrogen) atoms. The van der Waals surface area contributed by atoms with E-state index in [-0.39, 0.29) is 5.56 Å². The molecular weight excluding hydrogens is 392 g/mol. The lowest BCUT2D eigenvalue weighted by atomic mass is 10.1. The molecule has 1 saturated heterocycles. The van der Waals surface area contributed by atoms with Crippen LogP contribution in [0.3, 0.4) is 0 Å². The number of hydrogen-bond donors (Lipinski definition) is 1. The number of nitrogens with one attached hydrogen (secondary N) is 1. The Hall–Kier alpha value is -2.87. The number of piperazine rings is 1. The van der Waals surface area contributed by atoms with Crippen LogP contribution in [0.5, 0.6) is 0 Å².